The van der Waals surface area contributed by atoms with Crippen LogP contribution >= 0.6 is 11.1 Å². The van der Waals surface area contributed by atoms with Crippen LogP contribution in [0.1, 0.15) is 5.56 Å². The van der Waals surface area contributed by atoms with Gasteiger partial charge < -0.3 is 0 Å². The van der Waals surface area contributed by atoms with Crippen molar-refractivity contribution >= 4 is 18.5 Å². The minimum atomic E-state index is -1.99. The first-order valence-electron chi connectivity index (χ1n) is 4.05. The van der Waals surface area contributed by atoms with E-state index >= 15 is 0 Å². The quantitative estimate of drug-likeness (QED) is 0.376. The fraction of sp³-hybridized carbons (Fsp3) is 0.0909. The van der Waals surface area contributed by atoms with Gasteiger partial charge in [-0.25, -0.2) is 0 Å². The Morgan fingerprint density at radius 2 is 2.00 bits per heavy atom. The number of hydrogen-bond acceptors (Lipinski definition) is 0. The van der Waals surface area contributed by atoms with Gasteiger partial charge in [-0.3, -0.25) is 0 Å². The van der Waals surface area contributed by atoms with E-state index in [1.165, 1.54) is 0 Å². The van der Waals surface area contributed by atoms with Crippen molar-refractivity contribution in [2.75, 3.05) is 0 Å². The lowest BCUT2D eigenvalue weighted by Crippen LogP contribution is -2.15. The summed E-state index contributed by atoms with van der Waals surface area (Å²) in [5, 5.41) is 0. The highest BCUT2D eigenvalue weighted by Crippen LogP contribution is 2.07. The summed E-state index contributed by atoms with van der Waals surface area (Å²) >= 11 is 6.12. The van der Waals surface area contributed by atoms with E-state index in [1.807, 2.05) is 36.9 Å². The first-order chi connectivity index (χ1) is 6.14. The Morgan fingerprint density at radius 3 is 2.54 bits per heavy atom. The molecule has 0 N–H and O–H groups in total. The minimum absolute atomic E-state index is 1.00. The standard InChI is InChI=1S/C11H11ClSi/c1-3-13(2,12)10-9-11-7-5-4-6-8-11/h3-8H,1H2,2H3. The Kier molecular flexibility index (Phi) is 3.36. The topological polar surface area (TPSA) is 0 Å². The Labute approximate surface area is 85.0 Å². The van der Waals surface area contributed by atoms with Crippen molar-refractivity contribution < 1.29 is 0 Å². The summed E-state index contributed by atoms with van der Waals surface area (Å²) in [6, 6.07) is 9.83. The van der Waals surface area contributed by atoms with E-state index < -0.39 is 7.38 Å². The monoisotopic (exact) mass is 206 g/mol. The molecule has 0 heterocycles. The summed E-state index contributed by atoms with van der Waals surface area (Å²) in [6.07, 6.45) is 0. The van der Waals surface area contributed by atoms with Crippen molar-refractivity contribution in [1.82, 2.24) is 0 Å². The summed E-state index contributed by atoms with van der Waals surface area (Å²) in [5.41, 5.74) is 5.83. The largest absolute Gasteiger partial charge is 0.253 e. The molecule has 1 rings (SSSR count). The number of benzene rings is 1. The molecule has 0 nitrogen and oxygen atoms in total. The summed E-state index contributed by atoms with van der Waals surface area (Å²) in [6.45, 7) is 5.63. The van der Waals surface area contributed by atoms with Gasteiger partial charge in [0.1, 0.15) is 0 Å². The molecule has 1 atom stereocenters. The molecule has 0 aliphatic carbocycles. The second kappa shape index (κ2) is 4.32. The third-order valence-electron chi connectivity index (χ3n) is 1.61. The van der Waals surface area contributed by atoms with Crippen molar-refractivity contribution in [3.63, 3.8) is 0 Å². The predicted octanol–water partition coefficient (Wildman–Crippen LogP) is 3.12. The van der Waals surface area contributed by atoms with Crippen molar-refractivity contribution in [2.45, 2.75) is 6.55 Å². The van der Waals surface area contributed by atoms with Crippen LogP contribution in [0.5, 0.6) is 0 Å². The van der Waals surface area contributed by atoms with Crippen LogP contribution in [0.4, 0.5) is 0 Å². The minimum Gasteiger partial charge on any atom is -0.145 e. The summed E-state index contributed by atoms with van der Waals surface area (Å²) in [4.78, 5) is 0. The number of rotatable bonds is 1. The maximum Gasteiger partial charge on any atom is 0.253 e. The Hall–Kier alpha value is -0.973. The lowest BCUT2D eigenvalue weighted by atomic mass is 10.2. The highest BCUT2D eigenvalue weighted by molar-refractivity contribution is 7.27. The van der Waals surface area contributed by atoms with E-state index in [9.17, 15) is 0 Å². The molecule has 0 saturated carbocycles. The number of hydrogen-bond donors (Lipinski definition) is 0. The van der Waals surface area contributed by atoms with Crippen LogP contribution in [0, 0.1) is 11.5 Å². The van der Waals surface area contributed by atoms with Crippen LogP contribution in [0.3, 0.4) is 0 Å². The van der Waals surface area contributed by atoms with Gasteiger partial charge in [-0.05, 0) is 18.7 Å². The average molecular weight is 207 g/mol. The highest BCUT2D eigenvalue weighted by atomic mass is 35.6. The molecule has 0 saturated heterocycles. The maximum absolute atomic E-state index is 6.12. The van der Waals surface area contributed by atoms with E-state index in [-0.39, 0.29) is 0 Å². The van der Waals surface area contributed by atoms with E-state index in [0.29, 0.717) is 0 Å². The van der Waals surface area contributed by atoms with E-state index in [0.717, 1.165) is 5.56 Å². The van der Waals surface area contributed by atoms with Crippen LogP contribution in [0.15, 0.2) is 42.6 Å². The molecule has 0 amide bonds. The third kappa shape index (κ3) is 3.50. The second-order valence-electron chi connectivity index (χ2n) is 2.90. The van der Waals surface area contributed by atoms with Crippen LogP contribution in [0.2, 0.25) is 6.55 Å². The summed E-state index contributed by atoms with van der Waals surface area (Å²) in [5.74, 6) is 3.04. The van der Waals surface area contributed by atoms with Crippen LogP contribution in [0.25, 0.3) is 0 Å². The van der Waals surface area contributed by atoms with Gasteiger partial charge in [-0.2, -0.15) is 0 Å². The second-order valence-corrected chi connectivity index (χ2v) is 8.06. The zero-order valence-corrected chi connectivity index (χ0v) is 9.31. The zero-order valence-electron chi connectivity index (χ0n) is 7.55. The van der Waals surface area contributed by atoms with Gasteiger partial charge in [-0.15, -0.1) is 23.2 Å². The molecule has 0 bridgehead atoms. The Morgan fingerprint density at radius 1 is 1.38 bits per heavy atom. The maximum atomic E-state index is 6.12. The molecule has 0 aliphatic rings. The highest BCUT2D eigenvalue weighted by Gasteiger charge is 2.15. The molecule has 1 unspecified atom stereocenters. The molecule has 1 aromatic carbocycles. The first kappa shape index (κ1) is 10.1. The van der Waals surface area contributed by atoms with Crippen molar-refractivity contribution in [3.05, 3.63) is 48.2 Å². The van der Waals surface area contributed by atoms with Crippen molar-refractivity contribution in [3.8, 4) is 11.5 Å². The zero-order chi connectivity index (χ0) is 9.73. The summed E-state index contributed by atoms with van der Waals surface area (Å²) < 4.78 is 0. The molecule has 0 aliphatic heterocycles. The average Bonchev–Trinajstić information content (AvgIpc) is 2.17. The molecule has 0 aromatic heterocycles. The van der Waals surface area contributed by atoms with Crippen LogP contribution in [-0.2, 0) is 0 Å². The Balaban J connectivity index is 2.85. The van der Waals surface area contributed by atoms with Gasteiger partial charge in [0.25, 0.3) is 7.38 Å². The van der Waals surface area contributed by atoms with Crippen LogP contribution in [-0.4, -0.2) is 7.38 Å². The molecular formula is C11H11ClSi. The molecule has 1 aromatic rings. The number of halogens is 1. The van der Waals surface area contributed by atoms with Gasteiger partial charge in [0.05, 0.1) is 0 Å². The fourth-order valence-corrected chi connectivity index (χ4v) is 1.40. The molecule has 2 heteroatoms. The molecule has 66 valence electrons. The van der Waals surface area contributed by atoms with E-state index in [4.69, 9.17) is 11.1 Å². The summed E-state index contributed by atoms with van der Waals surface area (Å²) in [7, 11) is -1.99. The van der Waals surface area contributed by atoms with Crippen molar-refractivity contribution in [2.24, 2.45) is 0 Å². The smallest absolute Gasteiger partial charge is 0.145 e. The SMILES string of the molecule is C=C[Si](C)(Cl)C#Cc1ccccc1. The predicted molar refractivity (Wildman–Crippen MR) is 61.0 cm³/mol. The first-order valence-corrected chi connectivity index (χ1v) is 7.64. The molecule has 13 heavy (non-hydrogen) atoms. The van der Waals surface area contributed by atoms with Gasteiger partial charge in [0.2, 0.25) is 0 Å². The third-order valence-corrected chi connectivity index (χ3v) is 3.74. The normalized spacial score (nSPS) is 13.7. The van der Waals surface area contributed by atoms with E-state index in [2.05, 4.69) is 18.0 Å². The van der Waals surface area contributed by atoms with Gasteiger partial charge in [-0.1, -0.05) is 29.8 Å². The lowest BCUT2D eigenvalue weighted by molar-refractivity contribution is 1.65. The van der Waals surface area contributed by atoms with Gasteiger partial charge in [0, 0.05) is 5.56 Å². The van der Waals surface area contributed by atoms with Crippen molar-refractivity contribution in [1.29, 1.82) is 0 Å². The van der Waals surface area contributed by atoms with Gasteiger partial charge >= 0.3 is 0 Å². The molecule has 0 spiro atoms. The molecule has 0 fully saturated rings. The van der Waals surface area contributed by atoms with Crippen LogP contribution < -0.4 is 0 Å². The molecule has 0 radical (unpaired) electrons. The Bertz CT molecular complexity index is 343. The lowest BCUT2D eigenvalue weighted by Gasteiger charge is -2.01. The fourth-order valence-electron chi connectivity index (χ4n) is 0.767. The van der Waals surface area contributed by atoms with Gasteiger partial charge in [0.15, 0.2) is 0 Å². The molecular weight excluding hydrogens is 196 g/mol. The van der Waals surface area contributed by atoms with E-state index in [1.54, 1.807) is 5.70 Å².